The Morgan fingerprint density at radius 2 is 2.05 bits per heavy atom. The first-order chi connectivity index (χ1) is 10.1. The summed E-state index contributed by atoms with van der Waals surface area (Å²) in [7, 11) is 0. The molecule has 1 saturated heterocycles. The van der Waals surface area contributed by atoms with Crippen LogP contribution in [0.25, 0.3) is 0 Å². The molecule has 0 spiro atoms. The molecule has 1 aromatic rings. The van der Waals surface area contributed by atoms with Crippen LogP contribution in [-0.4, -0.2) is 49.8 Å². The second kappa shape index (κ2) is 7.47. The van der Waals surface area contributed by atoms with Crippen LogP contribution in [0.15, 0.2) is 16.5 Å². The number of carbonyl (C=O) groups excluding carboxylic acids is 1. The van der Waals surface area contributed by atoms with Gasteiger partial charge in [-0.15, -0.1) is 0 Å². The summed E-state index contributed by atoms with van der Waals surface area (Å²) in [5.74, 6) is 1.61. The van der Waals surface area contributed by atoms with E-state index in [-0.39, 0.29) is 12.1 Å². The molecule has 0 bridgehead atoms. The highest BCUT2D eigenvalue weighted by Crippen LogP contribution is 2.15. The summed E-state index contributed by atoms with van der Waals surface area (Å²) in [6, 6.07) is 3.78. The van der Waals surface area contributed by atoms with E-state index in [1.54, 1.807) is 0 Å². The SMILES string of the molecule is Cc1ccc([C@H](C)NC(=O)NC[C@@H](C)N2CCOCC2)o1. The zero-order valence-electron chi connectivity index (χ0n) is 13.0. The lowest BCUT2D eigenvalue weighted by Crippen LogP contribution is -2.49. The molecule has 21 heavy (non-hydrogen) atoms. The molecule has 1 aliphatic rings. The van der Waals surface area contributed by atoms with Gasteiger partial charge in [0.2, 0.25) is 0 Å². The number of hydrogen-bond acceptors (Lipinski definition) is 4. The van der Waals surface area contributed by atoms with Crippen molar-refractivity contribution in [3.05, 3.63) is 23.7 Å². The van der Waals surface area contributed by atoms with Gasteiger partial charge in [-0.25, -0.2) is 4.79 Å². The lowest BCUT2D eigenvalue weighted by atomic mass is 10.2. The van der Waals surface area contributed by atoms with Crippen LogP contribution in [0.2, 0.25) is 0 Å². The first kappa shape index (κ1) is 15.9. The molecule has 1 aliphatic heterocycles. The highest BCUT2D eigenvalue weighted by molar-refractivity contribution is 5.74. The van der Waals surface area contributed by atoms with Crippen LogP contribution in [0, 0.1) is 6.92 Å². The molecule has 6 heteroatoms. The Morgan fingerprint density at radius 1 is 1.33 bits per heavy atom. The Bertz CT molecular complexity index is 455. The number of morpholine rings is 1. The van der Waals surface area contributed by atoms with E-state index in [9.17, 15) is 4.79 Å². The lowest BCUT2D eigenvalue weighted by Gasteiger charge is -2.32. The van der Waals surface area contributed by atoms with Crippen LogP contribution in [0.4, 0.5) is 4.79 Å². The van der Waals surface area contributed by atoms with Crippen molar-refractivity contribution in [1.29, 1.82) is 0 Å². The van der Waals surface area contributed by atoms with Gasteiger partial charge in [-0.2, -0.15) is 0 Å². The van der Waals surface area contributed by atoms with Gasteiger partial charge in [0.15, 0.2) is 0 Å². The van der Waals surface area contributed by atoms with E-state index in [0.717, 1.165) is 37.8 Å². The van der Waals surface area contributed by atoms with Crippen molar-refractivity contribution in [1.82, 2.24) is 15.5 Å². The Kier molecular flexibility index (Phi) is 5.64. The monoisotopic (exact) mass is 295 g/mol. The summed E-state index contributed by atoms with van der Waals surface area (Å²) in [6.07, 6.45) is 0. The van der Waals surface area contributed by atoms with Crippen molar-refractivity contribution in [3.8, 4) is 0 Å². The molecular formula is C15H25N3O3. The molecule has 2 amide bonds. The topological polar surface area (TPSA) is 66.7 Å². The molecule has 2 atom stereocenters. The molecular weight excluding hydrogens is 270 g/mol. The minimum absolute atomic E-state index is 0.141. The van der Waals surface area contributed by atoms with Crippen molar-refractivity contribution in [2.24, 2.45) is 0 Å². The van der Waals surface area contributed by atoms with Crippen LogP contribution < -0.4 is 10.6 Å². The van der Waals surface area contributed by atoms with Crippen LogP contribution in [0.1, 0.15) is 31.4 Å². The minimum Gasteiger partial charge on any atom is -0.464 e. The van der Waals surface area contributed by atoms with E-state index in [1.807, 2.05) is 26.0 Å². The van der Waals surface area contributed by atoms with E-state index in [0.29, 0.717) is 12.6 Å². The number of furan rings is 1. The summed E-state index contributed by atoms with van der Waals surface area (Å²) >= 11 is 0. The van der Waals surface area contributed by atoms with Gasteiger partial charge < -0.3 is 19.8 Å². The van der Waals surface area contributed by atoms with Gasteiger partial charge in [-0.1, -0.05) is 0 Å². The average molecular weight is 295 g/mol. The molecule has 0 aliphatic carbocycles. The number of rotatable bonds is 5. The molecule has 2 heterocycles. The number of amides is 2. The van der Waals surface area contributed by atoms with Crippen LogP contribution in [0.5, 0.6) is 0 Å². The van der Waals surface area contributed by atoms with Crippen LogP contribution >= 0.6 is 0 Å². The lowest BCUT2D eigenvalue weighted by molar-refractivity contribution is 0.0209. The first-order valence-electron chi connectivity index (χ1n) is 7.48. The van der Waals surface area contributed by atoms with Crippen molar-refractivity contribution in [3.63, 3.8) is 0 Å². The summed E-state index contributed by atoms with van der Waals surface area (Å²) in [5, 5.41) is 5.79. The quantitative estimate of drug-likeness (QED) is 0.867. The Morgan fingerprint density at radius 3 is 2.67 bits per heavy atom. The largest absolute Gasteiger partial charge is 0.464 e. The van der Waals surface area contributed by atoms with Gasteiger partial charge >= 0.3 is 6.03 Å². The maximum Gasteiger partial charge on any atom is 0.315 e. The normalized spacial score (nSPS) is 19.0. The summed E-state index contributed by atoms with van der Waals surface area (Å²) in [6.45, 7) is 9.92. The minimum atomic E-state index is -0.170. The van der Waals surface area contributed by atoms with E-state index < -0.39 is 0 Å². The Labute approximate surface area is 125 Å². The molecule has 2 rings (SSSR count). The van der Waals surface area contributed by atoms with Crippen molar-refractivity contribution < 1.29 is 13.9 Å². The van der Waals surface area contributed by atoms with E-state index in [2.05, 4.69) is 22.5 Å². The van der Waals surface area contributed by atoms with Crippen molar-refractivity contribution in [2.45, 2.75) is 32.9 Å². The second-order valence-electron chi connectivity index (χ2n) is 5.52. The molecule has 0 aromatic carbocycles. The third kappa shape index (κ3) is 4.75. The number of aryl methyl sites for hydroxylation is 1. The smallest absolute Gasteiger partial charge is 0.315 e. The van der Waals surface area contributed by atoms with Gasteiger partial charge in [0.1, 0.15) is 11.5 Å². The average Bonchev–Trinajstić information content (AvgIpc) is 2.92. The molecule has 0 saturated carbocycles. The number of hydrogen-bond donors (Lipinski definition) is 2. The summed E-state index contributed by atoms with van der Waals surface area (Å²) < 4.78 is 10.8. The van der Waals surface area contributed by atoms with Gasteiger partial charge in [0.25, 0.3) is 0 Å². The molecule has 1 fully saturated rings. The second-order valence-corrected chi connectivity index (χ2v) is 5.52. The molecule has 0 unspecified atom stereocenters. The van der Waals surface area contributed by atoms with Gasteiger partial charge in [-0.05, 0) is 32.9 Å². The van der Waals surface area contributed by atoms with Crippen LogP contribution in [-0.2, 0) is 4.74 Å². The third-order valence-corrected chi connectivity index (χ3v) is 3.76. The molecule has 118 valence electrons. The van der Waals surface area contributed by atoms with Gasteiger partial charge in [0.05, 0.1) is 19.3 Å². The zero-order chi connectivity index (χ0) is 15.2. The predicted molar refractivity (Wildman–Crippen MR) is 80.2 cm³/mol. The number of ether oxygens (including phenoxy) is 1. The van der Waals surface area contributed by atoms with Crippen LogP contribution in [0.3, 0.4) is 0 Å². The molecule has 2 N–H and O–H groups in total. The Hall–Kier alpha value is -1.53. The standard InChI is InChI=1S/C15H25N3O3/c1-11(18-6-8-20-9-7-18)10-16-15(19)17-13(3)14-5-4-12(2)21-14/h4-5,11,13H,6-10H2,1-3H3,(H2,16,17,19)/t11-,13+/m1/s1. The molecule has 0 radical (unpaired) electrons. The highest BCUT2D eigenvalue weighted by atomic mass is 16.5. The molecule has 1 aromatic heterocycles. The summed E-state index contributed by atoms with van der Waals surface area (Å²) in [5.41, 5.74) is 0. The fourth-order valence-electron chi connectivity index (χ4n) is 2.39. The fourth-order valence-corrected chi connectivity index (χ4v) is 2.39. The van der Waals surface area contributed by atoms with Gasteiger partial charge in [0, 0.05) is 25.7 Å². The highest BCUT2D eigenvalue weighted by Gasteiger charge is 2.18. The molecule has 6 nitrogen and oxygen atoms in total. The maximum atomic E-state index is 11.9. The fraction of sp³-hybridized carbons (Fsp3) is 0.667. The van der Waals surface area contributed by atoms with E-state index in [1.165, 1.54) is 0 Å². The number of carbonyl (C=O) groups is 1. The third-order valence-electron chi connectivity index (χ3n) is 3.76. The zero-order valence-corrected chi connectivity index (χ0v) is 13.0. The van der Waals surface area contributed by atoms with E-state index in [4.69, 9.17) is 9.15 Å². The van der Waals surface area contributed by atoms with E-state index >= 15 is 0 Å². The predicted octanol–water partition coefficient (Wildman–Crippen LogP) is 1.67. The number of urea groups is 1. The maximum absolute atomic E-state index is 11.9. The summed E-state index contributed by atoms with van der Waals surface area (Å²) in [4.78, 5) is 14.2. The number of nitrogens with one attached hydrogen (secondary N) is 2. The number of nitrogens with zero attached hydrogens (tertiary/aromatic N) is 1. The Balaban J connectivity index is 1.71. The van der Waals surface area contributed by atoms with Crippen molar-refractivity contribution in [2.75, 3.05) is 32.8 Å². The first-order valence-corrected chi connectivity index (χ1v) is 7.48. The van der Waals surface area contributed by atoms with Gasteiger partial charge in [-0.3, -0.25) is 4.90 Å². The van der Waals surface area contributed by atoms with Crippen molar-refractivity contribution >= 4 is 6.03 Å².